The molecule has 3 heterocycles. The topological polar surface area (TPSA) is 38.5 Å². The van der Waals surface area contributed by atoms with Gasteiger partial charge in [-0.25, -0.2) is 4.98 Å². The number of ether oxygens (including phenoxy) is 1. The lowest BCUT2D eigenvalue weighted by Gasteiger charge is -2.31. The monoisotopic (exact) mass is 989 g/mol. The fourth-order valence-corrected chi connectivity index (χ4v) is 10.7. The van der Waals surface area contributed by atoms with Gasteiger partial charge in [0.2, 0.25) is 5.95 Å². The Labute approximate surface area is 454 Å². The minimum Gasteiger partial charge on any atom is -0.457 e. The minimum absolute atomic E-state index is 0.0395. The number of hydrogen-bond acceptors (Lipinski definition) is 4. The number of anilines is 4. The van der Waals surface area contributed by atoms with Crippen LogP contribution in [0.5, 0.6) is 11.5 Å². The molecule has 2 aromatic heterocycles. The number of hydrogen-bond donors (Lipinski definition) is 0. The maximum Gasteiger partial charge on any atom is 0.215 e. The fourth-order valence-electron chi connectivity index (χ4n) is 10.7. The number of aromatic nitrogens is 3. The van der Waals surface area contributed by atoms with Gasteiger partial charge in [0.1, 0.15) is 18.2 Å². The summed E-state index contributed by atoms with van der Waals surface area (Å²) >= 11 is 0. The molecule has 0 atom stereocenters. The van der Waals surface area contributed by atoms with E-state index in [1.165, 1.54) is 4.57 Å². The molecule has 1 aliphatic rings. The maximum atomic E-state index is 10.1. The molecule has 0 saturated carbocycles. The molecule has 11 aromatic rings. The molecule has 9 aromatic carbocycles. The van der Waals surface area contributed by atoms with Crippen LogP contribution in [0, 0.1) is 0 Å². The Hall–Kier alpha value is -8.35. The van der Waals surface area contributed by atoms with Crippen molar-refractivity contribution in [3.63, 3.8) is 0 Å². The molecule has 0 amide bonds. The van der Waals surface area contributed by atoms with Crippen LogP contribution in [0.15, 0.2) is 200 Å². The van der Waals surface area contributed by atoms with Crippen LogP contribution in [-0.2, 0) is 23.2 Å². The third-order valence-corrected chi connectivity index (χ3v) is 14.4. The van der Waals surface area contributed by atoms with Crippen molar-refractivity contribution in [3.8, 4) is 50.8 Å². The van der Waals surface area contributed by atoms with Gasteiger partial charge >= 0.3 is 0 Å². The minimum atomic E-state index is -2.74. The van der Waals surface area contributed by atoms with Crippen molar-refractivity contribution in [1.82, 2.24) is 14.1 Å². The third-order valence-electron chi connectivity index (χ3n) is 14.4. The van der Waals surface area contributed by atoms with Crippen LogP contribution >= 0.6 is 0 Å². The summed E-state index contributed by atoms with van der Waals surface area (Å²) in [5, 5.41) is 0.674. The summed E-state index contributed by atoms with van der Waals surface area (Å²) in [5.41, 5.74) is 11.6. The van der Waals surface area contributed by atoms with E-state index < -0.39 is 24.5 Å². The molecule has 0 fully saturated rings. The van der Waals surface area contributed by atoms with Crippen LogP contribution in [0.2, 0.25) is 0 Å². The molecule has 0 saturated heterocycles. The van der Waals surface area contributed by atoms with Gasteiger partial charge in [-0.15, -0.1) is 0 Å². The molecule has 1 aliphatic heterocycles. The Morgan fingerprint density at radius 1 is 0.520 bits per heavy atom. The van der Waals surface area contributed by atoms with Crippen molar-refractivity contribution in [2.24, 2.45) is 6.98 Å². The van der Waals surface area contributed by atoms with Gasteiger partial charge in [-0.2, -0.15) is 0 Å². The molecule has 6 nitrogen and oxygen atoms in total. The van der Waals surface area contributed by atoms with E-state index in [0.29, 0.717) is 57.8 Å². The smallest absolute Gasteiger partial charge is 0.215 e. The average Bonchev–Trinajstić information content (AvgIpc) is 1.58. The Balaban J connectivity index is 1.11. The van der Waals surface area contributed by atoms with Gasteiger partial charge < -0.3 is 19.1 Å². The highest BCUT2D eigenvalue weighted by Gasteiger charge is 2.34. The number of imidazole rings is 1. The molecule has 0 spiro atoms. The molecule has 6 heteroatoms. The summed E-state index contributed by atoms with van der Waals surface area (Å²) in [5.74, 6) is 0.798. The number of benzene rings is 9. The fraction of sp³-hybridized carbons (Fsp3) is 0.203. The molecule has 12 rings (SSSR count). The summed E-state index contributed by atoms with van der Waals surface area (Å²) in [6.45, 7) is 17.1. The van der Waals surface area contributed by atoms with Crippen molar-refractivity contribution < 1.29 is 17.1 Å². The molecular formula is C69H65N5O. The van der Waals surface area contributed by atoms with Gasteiger partial charge in [-0.3, -0.25) is 4.57 Å². The van der Waals surface area contributed by atoms with Crippen molar-refractivity contribution in [3.05, 3.63) is 217 Å². The van der Waals surface area contributed by atoms with Crippen molar-refractivity contribution >= 4 is 55.6 Å². The standard InChI is InChI=1S/C69H65N5O/c1-67(2,3)48-40-54(45-24-13-11-14-25-45)65(55(41-48)46-26-15-12-16-27-46)73-44-72(61-34-21-22-35-62(61)73)49-38-47(64-56(68(4,5)6)29-23-30-57(64)69(7,8)9)39-51(42-49)75-50-36-37-53-52-28-17-19-32-59(52)74(63(53)43-50)66-70-58-31-18-20-33-60(58)71(66)10/h11-43H,44H2,1-10H3/i10D3,17D,19D,28D,32D,40D,41D. The van der Waals surface area contributed by atoms with Crippen molar-refractivity contribution in [2.75, 3.05) is 16.5 Å². The zero-order chi connectivity index (χ0) is 59.7. The van der Waals surface area contributed by atoms with E-state index in [1.54, 1.807) is 42.5 Å². The quantitative estimate of drug-likeness (QED) is 0.152. The predicted molar refractivity (Wildman–Crippen MR) is 316 cm³/mol. The second-order valence-corrected chi connectivity index (χ2v) is 22.7. The van der Waals surface area contributed by atoms with Crippen LogP contribution in [0.3, 0.4) is 0 Å². The van der Waals surface area contributed by atoms with Gasteiger partial charge in [-0.05, 0) is 122 Å². The molecule has 372 valence electrons. The normalized spacial score (nSPS) is 15.0. The summed E-state index contributed by atoms with van der Waals surface area (Å²) < 4.78 is 92.6. The van der Waals surface area contributed by atoms with Gasteiger partial charge in [0.25, 0.3) is 0 Å². The molecule has 75 heavy (non-hydrogen) atoms. The third kappa shape index (κ3) is 8.43. The Morgan fingerprint density at radius 2 is 1.13 bits per heavy atom. The molecule has 0 radical (unpaired) electrons. The first kappa shape index (κ1) is 38.3. The molecular weight excluding hydrogens is 915 g/mol. The van der Waals surface area contributed by atoms with E-state index in [-0.39, 0.29) is 39.8 Å². The lowest BCUT2D eigenvalue weighted by atomic mass is 9.74. The van der Waals surface area contributed by atoms with Crippen LogP contribution in [0.1, 0.15) is 91.3 Å². The molecule has 0 N–H and O–H groups in total. The van der Waals surface area contributed by atoms with E-state index in [9.17, 15) is 5.48 Å². The van der Waals surface area contributed by atoms with E-state index in [2.05, 4.69) is 115 Å². The highest BCUT2D eigenvalue weighted by molar-refractivity contribution is 6.09. The highest BCUT2D eigenvalue weighted by Crippen LogP contribution is 2.53. The zero-order valence-corrected chi connectivity index (χ0v) is 43.9. The predicted octanol–water partition coefficient (Wildman–Crippen LogP) is 18.6. The Bertz CT molecular complexity index is 4350. The Morgan fingerprint density at radius 3 is 1.77 bits per heavy atom. The van der Waals surface area contributed by atoms with Gasteiger partial charge in [0.05, 0.1) is 47.4 Å². The summed E-state index contributed by atoms with van der Waals surface area (Å²) in [7, 11) is 0. The first-order valence-corrected chi connectivity index (χ1v) is 25.7. The van der Waals surface area contributed by atoms with Gasteiger partial charge in [-0.1, -0.05) is 184 Å². The van der Waals surface area contributed by atoms with Crippen LogP contribution in [-0.4, -0.2) is 20.8 Å². The van der Waals surface area contributed by atoms with E-state index in [1.807, 2.05) is 78.9 Å². The first-order valence-electron chi connectivity index (χ1n) is 30.2. The number of rotatable bonds is 8. The average molecular weight is 989 g/mol. The van der Waals surface area contributed by atoms with Crippen molar-refractivity contribution in [2.45, 2.75) is 78.6 Å². The van der Waals surface area contributed by atoms with E-state index in [0.717, 1.165) is 71.8 Å². The van der Waals surface area contributed by atoms with Crippen LogP contribution in [0.25, 0.3) is 72.2 Å². The number of nitrogens with zero attached hydrogens (tertiary/aromatic N) is 5. The van der Waals surface area contributed by atoms with E-state index in [4.69, 9.17) is 16.6 Å². The first-order chi connectivity index (χ1) is 39.7. The number of fused-ring (bicyclic) bond motifs is 5. The Kier molecular flexibility index (Phi) is 9.15. The second-order valence-electron chi connectivity index (χ2n) is 22.7. The van der Waals surface area contributed by atoms with Gasteiger partial charge in [0.15, 0.2) is 0 Å². The SMILES string of the molecule is [2H]c1c(-c2ccccc2)c(N2CN(c3cc(Oc4ccc5c6c([2H])c([2H])c([2H])c([2H])c6n(-c6nc7ccccc7n6C([2H])([2H])[2H])c5c4)cc(-c4c(C(C)(C)C)cccc4C(C)(C)C)c3)c3ccccc32)c(-c2ccccc2)c([2H])c1C(C)(C)C. The van der Waals surface area contributed by atoms with Crippen LogP contribution < -0.4 is 14.5 Å². The van der Waals surface area contributed by atoms with Gasteiger partial charge in [0, 0.05) is 50.8 Å². The maximum absolute atomic E-state index is 10.1. The lowest BCUT2D eigenvalue weighted by Crippen LogP contribution is -2.25. The van der Waals surface area contributed by atoms with E-state index >= 15 is 0 Å². The molecule has 0 bridgehead atoms. The summed E-state index contributed by atoms with van der Waals surface area (Å²) in [4.78, 5) is 9.39. The number of aryl methyl sites for hydroxylation is 1. The molecule has 0 unspecified atom stereocenters. The summed E-state index contributed by atoms with van der Waals surface area (Å²) in [6, 6.07) is 52.5. The van der Waals surface area contributed by atoms with Crippen molar-refractivity contribution in [1.29, 1.82) is 0 Å². The lowest BCUT2D eigenvalue weighted by molar-refractivity contribution is 0.483. The highest BCUT2D eigenvalue weighted by atomic mass is 16.5. The summed E-state index contributed by atoms with van der Waals surface area (Å²) in [6.07, 6.45) is 0. The second kappa shape index (κ2) is 17.9. The number of para-hydroxylation sites is 5. The zero-order valence-electron chi connectivity index (χ0n) is 52.9. The molecule has 0 aliphatic carbocycles. The van der Waals surface area contributed by atoms with Crippen LogP contribution in [0.4, 0.5) is 22.7 Å². The largest absolute Gasteiger partial charge is 0.457 e.